The maximum atomic E-state index is 13.1. The van der Waals surface area contributed by atoms with E-state index in [0.29, 0.717) is 30.3 Å². The molecule has 1 saturated heterocycles. The van der Waals surface area contributed by atoms with E-state index < -0.39 is 10.8 Å². The minimum Gasteiger partial charge on any atom is -0.383 e. The van der Waals surface area contributed by atoms with E-state index in [1.807, 2.05) is 12.1 Å². The van der Waals surface area contributed by atoms with Crippen LogP contribution in [0.15, 0.2) is 72.8 Å². The molecule has 1 aliphatic rings. The minimum atomic E-state index is -0.545. The summed E-state index contributed by atoms with van der Waals surface area (Å²) < 4.78 is 5.06. The van der Waals surface area contributed by atoms with Gasteiger partial charge in [-0.2, -0.15) is 0 Å². The number of ether oxygens (including phenoxy) is 1. The number of nitrogens with one attached hydrogen (secondary N) is 2. The van der Waals surface area contributed by atoms with Crippen LogP contribution in [0.5, 0.6) is 0 Å². The van der Waals surface area contributed by atoms with Crippen LogP contribution in [0.1, 0.15) is 39.1 Å². The first-order valence-electron chi connectivity index (χ1n) is 12.7. The molecule has 0 unspecified atom stereocenters. The van der Waals surface area contributed by atoms with Crippen molar-refractivity contribution in [2.24, 2.45) is 5.92 Å². The lowest BCUT2D eigenvalue weighted by atomic mass is 9.89. The highest BCUT2D eigenvalue weighted by molar-refractivity contribution is 6.06. The normalized spacial score (nSPS) is 13.7. The number of carbonyl (C=O) groups is 2. The summed E-state index contributed by atoms with van der Waals surface area (Å²) >= 11 is 0. The monoisotopic (exact) mass is 516 g/mol. The second-order valence-electron chi connectivity index (χ2n) is 9.36. The van der Waals surface area contributed by atoms with E-state index in [-0.39, 0.29) is 17.2 Å². The molecule has 9 heteroatoms. The number of benzene rings is 3. The van der Waals surface area contributed by atoms with Crippen molar-refractivity contribution >= 4 is 28.9 Å². The summed E-state index contributed by atoms with van der Waals surface area (Å²) in [7, 11) is 1.57. The van der Waals surface area contributed by atoms with Gasteiger partial charge in [0.05, 0.1) is 17.1 Å². The molecule has 2 N–H and O–H groups in total. The Balaban J connectivity index is 1.50. The number of hydrogen-bond donors (Lipinski definition) is 2. The smallest absolute Gasteiger partial charge is 0.270 e. The maximum Gasteiger partial charge on any atom is 0.270 e. The largest absolute Gasteiger partial charge is 0.383 e. The van der Waals surface area contributed by atoms with Gasteiger partial charge in [-0.05, 0) is 55.0 Å². The van der Waals surface area contributed by atoms with E-state index in [0.717, 1.165) is 38.0 Å². The predicted octanol–water partition coefficient (Wildman–Crippen LogP) is 4.68. The fourth-order valence-corrected chi connectivity index (χ4v) is 4.72. The zero-order valence-electron chi connectivity index (χ0n) is 21.4. The highest BCUT2D eigenvalue weighted by atomic mass is 16.6. The molecule has 2 amide bonds. The van der Waals surface area contributed by atoms with Gasteiger partial charge in [0.1, 0.15) is 0 Å². The van der Waals surface area contributed by atoms with Gasteiger partial charge in [0.15, 0.2) is 0 Å². The van der Waals surface area contributed by atoms with E-state index in [9.17, 15) is 19.7 Å². The molecule has 3 aromatic carbocycles. The quantitative estimate of drug-likeness (QED) is 0.230. The van der Waals surface area contributed by atoms with E-state index >= 15 is 0 Å². The van der Waals surface area contributed by atoms with Crippen LogP contribution in [-0.4, -0.2) is 50.1 Å². The van der Waals surface area contributed by atoms with Crippen molar-refractivity contribution in [2.75, 3.05) is 43.6 Å². The molecule has 1 aliphatic heterocycles. The molecular weight excluding hydrogens is 484 g/mol. The Labute approximate surface area is 222 Å². The summed E-state index contributed by atoms with van der Waals surface area (Å²) in [5, 5.41) is 16.7. The molecule has 1 fully saturated rings. The second-order valence-corrected chi connectivity index (χ2v) is 9.36. The zero-order valence-corrected chi connectivity index (χ0v) is 21.4. The lowest BCUT2D eigenvalue weighted by molar-refractivity contribution is -0.384. The first kappa shape index (κ1) is 26.8. The van der Waals surface area contributed by atoms with Crippen LogP contribution >= 0.6 is 0 Å². The first-order chi connectivity index (χ1) is 18.4. The minimum absolute atomic E-state index is 0.162. The molecule has 198 valence electrons. The number of non-ortho nitro benzene ring substituents is 1. The van der Waals surface area contributed by atoms with Crippen LogP contribution in [0.2, 0.25) is 0 Å². The number of nitrogens with zero attached hydrogens (tertiary/aromatic N) is 2. The third-order valence-electron chi connectivity index (χ3n) is 6.73. The van der Waals surface area contributed by atoms with Gasteiger partial charge in [-0.1, -0.05) is 36.4 Å². The molecule has 0 aromatic heterocycles. The van der Waals surface area contributed by atoms with Crippen molar-refractivity contribution in [2.45, 2.75) is 19.3 Å². The van der Waals surface area contributed by atoms with Crippen molar-refractivity contribution in [3.05, 3.63) is 99.6 Å². The van der Waals surface area contributed by atoms with Gasteiger partial charge >= 0.3 is 0 Å². The van der Waals surface area contributed by atoms with Crippen LogP contribution in [0.4, 0.5) is 17.1 Å². The zero-order chi connectivity index (χ0) is 26.9. The van der Waals surface area contributed by atoms with Crippen molar-refractivity contribution in [3.8, 4) is 0 Å². The van der Waals surface area contributed by atoms with Crippen molar-refractivity contribution in [1.82, 2.24) is 5.32 Å². The van der Waals surface area contributed by atoms with Crippen molar-refractivity contribution in [3.63, 3.8) is 0 Å². The number of carbonyl (C=O) groups excluding carboxylic acids is 2. The van der Waals surface area contributed by atoms with Gasteiger partial charge in [-0.25, -0.2) is 0 Å². The average molecular weight is 517 g/mol. The van der Waals surface area contributed by atoms with Gasteiger partial charge in [0.25, 0.3) is 17.5 Å². The van der Waals surface area contributed by atoms with E-state index in [2.05, 4.69) is 39.8 Å². The number of nitro groups is 1. The van der Waals surface area contributed by atoms with Crippen molar-refractivity contribution < 1.29 is 19.2 Å². The molecule has 4 rings (SSSR count). The number of methoxy groups -OCH3 is 1. The number of amides is 2. The Morgan fingerprint density at radius 3 is 2.47 bits per heavy atom. The molecule has 0 bridgehead atoms. The van der Waals surface area contributed by atoms with Crippen LogP contribution < -0.4 is 15.5 Å². The first-order valence-corrected chi connectivity index (χ1v) is 12.7. The van der Waals surface area contributed by atoms with Crippen LogP contribution in [0, 0.1) is 16.0 Å². The molecule has 38 heavy (non-hydrogen) atoms. The van der Waals surface area contributed by atoms with Gasteiger partial charge in [0.2, 0.25) is 0 Å². The van der Waals surface area contributed by atoms with E-state index in [1.165, 1.54) is 29.8 Å². The fraction of sp³-hybridized carbons (Fsp3) is 0.310. The molecule has 0 saturated carbocycles. The Bertz CT molecular complexity index is 1270. The number of rotatable bonds is 10. The number of hydrogen-bond acceptors (Lipinski definition) is 6. The van der Waals surface area contributed by atoms with Crippen molar-refractivity contribution in [1.29, 1.82) is 0 Å². The molecule has 0 radical (unpaired) electrons. The Hall–Kier alpha value is -4.24. The Kier molecular flexibility index (Phi) is 9.05. The fourth-order valence-electron chi connectivity index (χ4n) is 4.72. The van der Waals surface area contributed by atoms with Crippen LogP contribution in [0.3, 0.4) is 0 Å². The van der Waals surface area contributed by atoms with Gasteiger partial charge in [-0.3, -0.25) is 19.7 Å². The second kappa shape index (κ2) is 12.8. The molecule has 9 nitrogen and oxygen atoms in total. The molecular formula is C29H32N4O5. The SMILES string of the molecule is COCCNC(=O)c1cc(NC(=O)c2cccc([N+](=O)[O-])c2)ccc1N1CCC(Cc2ccccc2)CC1. The molecule has 0 atom stereocenters. The van der Waals surface area contributed by atoms with Gasteiger partial charge < -0.3 is 20.3 Å². The molecule has 1 heterocycles. The maximum absolute atomic E-state index is 13.1. The van der Waals surface area contributed by atoms with E-state index in [1.54, 1.807) is 19.2 Å². The molecule has 0 spiro atoms. The third-order valence-corrected chi connectivity index (χ3v) is 6.73. The average Bonchev–Trinajstić information content (AvgIpc) is 2.94. The summed E-state index contributed by atoms with van der Waals surface area (Å²) in [5.74, 6) is -0.162. The summed E-state index contributed by atoms with van der Waals surface area (Å²) in [4.78, 5) is 38.7. The Morgan fingerprint density at radius 2 is 1.76 bits per heavy atom. The van der Waals surface area contributed by atoms with E-state index in [4.69, 9.17) is 4.74 Å². The summed E-state index contributed by atoms with van der Waals surface area (Å²) in [6, 6.07) is 21.3. The summed E-state index contributed by atoms with van der Waals surface area (Å²) in [6.07, 6.45) is 3.08. The third kappa shape index (κ3) is 6.95. The number of anilines is 2. The Morgan fingerprint density at radius 1 is 1.00 bits per heavy atom. The number of nitro benzene ring substituents is 1. The highest BCUT2D eigenvalue weighted by Crippen LogP contribution is 2.30. The van der Waals surface area contributed by atoms with Gasteiger partial charge in [0, 0.05) is 55.8 Å². The van der Waals surface area contributed by atoms with Crippen LogP contribution in [-0.2, 0) is 11.2 Å². The highest BCUT2D eigenvalue weighted by Gasteiger charge is 2.24. The predicted molar refractivity (Wildman–Crippen MR) is 147 cm³/mol. The van der Waals surface area contributed by atoms with Gasteiger partial charge in [-0.15, -0.1) is 0 Å². The molecule has 0 aliphatic carbocycles. The standard InChI is InChI=1S/C29H32N4O5/c1-38-17-14-30-29(35)26-20-24(31-28(34)23-8-5-9-25(19-23)33(36)37)10-11-27(26)32-15-12-22(13-16-32)18-21-6-3-2-4-7-21/h2-11,19-20,22H,12-18H2,1H3,(H,30,35)(H,31,34). The molecule has 3 aromatic rings. The lowest BCUT2D eigenvalue weighted by Crippen LogP contribution is -2.36. The lowest BCUT2D eigenvalue weighted by Gasteiger charge is -2.35. The van der Waals surface area contributed by atoms with Crippen LogP contribution in [0.25, 0.3) is 0 Å². The number of piperidine rings is 1. The summed E-state index contributed by atoms with van der Waals surface area (Å²) in [5.41, 5.74) is 3.04. The topological polar surface area (TPSA) is 114 Å². The summed E-state index contributed by atoms with van der Waals surface area (Å²) in [6.45, 7) is 2.40.